The summed E-state index contributed by atoms with van der Waals surface area (Å²) in [6.07, 6.45) is 0. The third-order valence-corrected chi connectivity index (χ3v) is 1.99. The van der Waals surface area contributed by atoms with E-state index in [4.69, 9.17) is 4.74 Å². The third kappa shape index (κ3) is 2.07. The molecule has 0 amide bonds. The number of hydrogen-bond donors (Lipinski definition) is 0. The highest BCUT2D eigenvalue weighted by Crippen LogP contribution is 2.24. The minimum Gasteiger partial charge on any atom is -0.384 e. The van der Waals surface area contributed by atoms with Crippen molar-refractivity contribution in [1.82, 2.24) is 0 Å². The van der Waals surface area contributed by atoms with Gasteiger partial charge in [-0.2, -0.15) is 0 Å². The summed E-state index contributed by atoms with van der Waals surface area (Å²) in [5.74, 6) is -3.41. The van der Waals surface area contributed by atoms with E-state index in [-0.39, 0.29) is 12.2 Å². The summed E-state index contributed by atoms with van der Waals surface area (Å²) in [6, 6.07) is 1.69. The number of ether oxygens (including phenoxy) is 1. The average molecular weight is 204 g/mol. The lowest BCUT2D eigenvalue weighted by Gasteiger charge is -2.12. The van der Waals surface area contributed by atoms with E-state index in [9.17, 15) is 13.2 Å². The maximum absolute atomic E-state index is 13.2. The molecule has 0 aliphatic rings. The van der Waals surface area contributed by atoms with Crippen LogP contribution < -0.4 is 0 Å². The van der Waals surface area contributed by atoms with E-state index >= 15 is 0 Å². The van der Waals surface area contributed by atoms with Crippen LogP contribution in [0.5, 0.6) is 0 Å². The molecule has 0 fully saturated rings. The van der Waals surface area contributed by atoms with Gasteiger partial charge in [0.1, 0.15) is 5.82 Å². The normalized spacial score (nSPS) is 12.9. The summed E-state index contributed by atoms with van der Waals surface area (Å²) in [7, 11) is 1.42. The van der Waals surface area contributed by atoms with Gasteiger partial charge in [-0.25, -0.2) is 13.2 Å². The monoisotopic (exact) mass is 204 g/mol. The van der Waals surface area contributed by atoms with Crippen molar-refractivity contribution in [3.05, 3.63) is 35.1 Å². The SMILES string of the molecule is COCC(C)c1c(F)ccc(F)c1F. The van der Waals surface area contributed by atoms with Gasteiger partial charge >= 0.3 is 0 Å². The van der Waals surface area contributed by atoms with E-state index < -0.39 is 23.4 Å². The summed E-state index contributed by atoms with van der Waals surface area (Å²) in [4.78, 5) is 0. The van der Waals surface area contributed by atoms with Crippen molar-refractivity contribution in [1.29, 1.82) is 0 Å². The first-order valence-electron chi connectivity index (χ1n) is 4.20. The van der Waals surface area contributed by atoms with Crippen LogP contribution in [0.1, 0.15) is 18.4 Å². The molecule has 0 radical (unpaired) electrons. The standard InChI is InChI=1S/C10H11F3O/c1-6(5-14-2)9-7(11)3-4-8(12)10(9)13/h3-4,6H,5H2,1-2H3. The highest BCUT2D eigenvalue weighted by atomic mass is 19.2. The summed E-state index contributed by atoms with van der Waals surface area (Å²) < 4.78 is 43.8. The maximum atomic E-state index is 13.2. The second-order valence-corrected chi connectivity index (χ2v) is 3.11. The van der Waals surface area contributed by atoms with Crippen molar-refractivity contribution in [3.63, 3.8) is 0 Å². The minimum atomic E-state index is -1.13. The summed E-state index contributed by atoms with van der Waals surface area (Å²) in [5, 5.41) is 0. The lowest BCUT2D eigenvalue weighted by atomic mass is 10.0. The molecule has 1 unspecified atom stereocenters. The fourth-order valence-corrected chi connectivity index (χ4v) is 1.33. The number of benzene rings is 1. The molecule has 1 aromatic carbocycles. The van der Waals surface area contributed by atoms with E-state index in [1.807, 2.05) is 0 Å². The topological polar surface area (TPSA) is 9.23 Å². The Morgan fingerprint density at radius 3 is 2.36 bits per heavy atom. The molecule has 0 aromatic heterocycles. The second kappa shape index (κ2) is 4.46. The van der Waals surface area contributed by atoms with E-state index in [1.165, 1.54) is 7.11 Å². The number of methoxy groups -OCH3 is 1. The van der Waals surface area contributed by atoms with Gasteiger partial charge in [0.2, 0.25) is 0 Å². The molecular formula is C10H11F3O. The van der Waals surface area contributed by atoms with E-state index in [2.05, 4.69) is 0 Å². The van der Waals surface area contributed by atoms with Crippen molar-refractivity contribution in [3.8, 4) is 0 Å². The van der Waals surface area contributed by atoms with Gasteiger partial charge in [-0.05, 0) is 12.1 Å². The molecular weight excluding hydrogens is 193 g/mol. The van der Waals surface area contributed by atoms with Gasteiger partial charge in [0, 0.05) is 18.6 Å². The van der Waals surface area contributed by atoms with Crippen molar-refractivity contribution in [2.45, 2.75) is 12.8 Å². The van der Waals surface area contributed by atoms with Crippen LogP contribution >= 0.6 is 0 Å². The first-order chi connectivity index (χ1) is 6.57. The molecule has 0 aliphatic heterocycles. The molecule has 0 saturated heterocycles. The first kappa shape index (κ1) is 11.0. The van der Waals surface area contributed by atoms with E-state index in [0.29, 0.717) is 0 Å². The predicted molar refractivity (Wildman–Crippen MR) is 46.6 cm³/mol. The fourth-order valence-electron chi connectivity index (χ4n) is 1.33. The van der Waals surface area contributed by atoms with Crippen LogP contribution in [-0.4, -0.2) is 13.7 Å². The third-order valence-electron chi connectivity index (χ3n) is 1.99. The average Bonchev–Trinajstić information content (AvgIpc) is 2.13. The zero-order valence-corrected chi connectivity index (χ0v) is 7.98. The Bertz CT molecular complexity index is 325. The lowest BCUT2D eigenvalue weighted by Crippen LogP contribution is -2.08. The van der Waals surface area contributed by atoms with Crippen molar-refractivity contribution >= 4 is 0 Å². The molecule has 0 heterocycles. The highest BCUT2D eigenvalue weighted by Gasteiger charge is 2.19. The minimum absolute atomic E-state index is 0.150. The van der Waals surface area contributed by atoms with Crippen LogP contribution in [0.2, 0.25) is 0 Å². The van der Waals surface area contributed by atoms with Crippen LogP contribution in [-0.2, 0) is 4.74 Å². The second-order valence-electron chi connectivity index (χ2n) is 3.11. The molecule has 0 saturated carbocycles. The Balaban J connectivity index is 3.11. The molecule has 0 aliphatic carbocycles. The first-order valence-corrected chi connectivity index (χ1v) is 4.20. The zero-order valence-electron chi connectivity index (χ0n) is 7.98. The lowest BCUT2D eigenvalue weighted by molar-refractivity contribution is 0.181. The van der Waals surface area contributed by atoms with Crippen LogP contribution in [0.15, 0.2) is 12.1 Å². The summed E-state index contributed by atoms with van der Waals surface area (Å²) in [6.45, 7) is 1.72. The van der Waals surface area contributed by atoms with Crippen LogP contribution in [0, 0.1) is 17.5 Å². The van der Waals surface area contributed by atoms with Gasteiger partial charge in [-0.1, -0.05) is 6.92 Å². The Morgan fingerprint density at radius 1 is 1.21 bits per heavy atom. The zero-order chi connectivity index (χ0) is 10.7. The molecule has 1 atom stereocenters. The number of halogens is 3. The Hall–Kier alpha value is -1.03. The quantitative estimate of drug-likeness (QED) is 0.688. The molecule has 4 heteroatoms. The van der Waals surface area contributed by atoms with Crippen LogP contribution in [0.3, 0.4) is 0 Å². The molecule has 14 heavy (non-hydrogen) atoms. The summed E-state index contributed by atoms with van der Waals surface area (Å²) in [5.41, 5.74) is -0.258. The Labute approximate surface area is 80.5 Å². The Kier molecular flexibility index (Phi) is 3.52. The predicted octanol–water partition coefficient (Wildman–Crippen LogP) is 2.85. The fraction of sp³-hybridized carbons (Fsp3) is 0.400. The molecule has 1 nitrogen and oxygen atoms in total. The van der Waals surface area contributed by atoms with E-state index in [0.717, 1.165) is 12.1 Å². The largest absolute Gasteiger partial charge is 0.384 e. The molecule has 0 N–H and O–H groups in total. The molecule has 0 bridgehead atoms. The Morgan fingerprint density at radius 2 is 1.79 bits per heavy atom. The van der Waals surface area contributed by atoms with Gasteiger partial charge < -0.3 is 4.74 Å². The highest BCUT2D eigenvalue weighted by molar-refractivity contribution is 5.24. The van der Waals surface area contributed by atoms with Crippen LogP contribution in [0.25, 0.3) is 0 Å². The molecule has 0 spiro atoms. The van der Waals surface area contributed by atoms with Crippen molar-refractivity contribution in [2.24, 2.45) is 0 Å². The van der Waals surface area contributed by atoms with Crippen molar-refractivity contribution in [2.75, 3.05) is 13.7 Å². The number of hydrogen-bond acceptors (Lipinski definition) is 1. The maximum Gasteiger partial charge on any atom is 0.165 e. The van der Waals surface area contributed by atoms with Crippen molar-refractivity contribution < 1.29 is 17.9 Å². The van der Waals surface area contributed by atoms with Crippen LogP contribution in [0.4, 0.5) is 13.2 Å². The molecule has 1 aromatic rings. The smallest absolute Gasteiger partial charge is 0.165 e. The molecule has 78 valence electrons. The molecule has 1 rings (SSSR count). The number of rotatable bonds is 3. The van der Waals surface area contributed by atoms with Gasteiger partial charge in [0.25, 0.3) is 0 Å². The van der Waals surface area contributed by atoms with Gasteiger partial charge in [0.05, 0.1) is 6.61 Å². The van der Waals surface area contributed by atoms with Gasteiger partial charge in [-0.3, -0.25) is 0 Å². The van der Waals surface area contributed by atoms with Gasteiger partial charge in [0.15, 0.2) is 11.6 Å². The summed E-state index contributed by atoms with van der Waals surface area (Å²) >= 11 is 0. The van der Waals surface area contributed by atoms with E-state index in [1.54, 1.807) is 6.92 Å². The van der Waals surface area contributed by atoms with Gasteiger partial charge in [-0.15, -0.1) is 0 Å².